The molecule has 0 atom stereocenters. The SMILES string of the molecule is O=C(c1ccc(Br)c([N+](=O)[O-])c1)N(CCO)CCO. The normalized spacial score (nSPS) is 10.3. The quantitative estimate of drug-likeness (QED) is 0.591. The van der Waals surface area contributed by atoms with E-state index in [1.165, 1.54) is 17.0 Å². The maximum atomic E-state index is 12.1. The van der Waals surface area contributed by atoms with Crippen LogP contribution >= 0.6 is 15.9 Å². The van der Waals surface area contributed by atoms with E-state index in [0.29, 0.717) is 0 Å². The molecule has 0 spiro atoms. The molecular weight excluding hydrogens is 320 g/mol. The Morgan fingerprint density at radius 2 is 1.89 bits per heavy atom. The van der Waals surface area contributed by atoms with Crippen molar-refractivity contribution < 1.29 is 19.9 Å². The van der Waals surface area contributed by atoms with Crippen LogP contribution in [0.15, 0.2) is 22.7 Å². The number of rotatable bonds is 6. The first-order valence-corrected chi connectivity index (χ1v) is 6.25. The Balaban J connectivity index is 3.04. The van der Waals surface area contributed by atoms with Gasteiger partial charge in [0.05, 0.1) is 22.6 Å². The summed E-state index contributed by atoms with van der Waals surface area (Å²) < 4.78 is 0.282. The molecule has 1 aromatic rings. The van der Waals surface area contributed by atoms with Crippen LogP contribution in [0.5, 0.6) is 0 Å². The van der Waals surface area contributed by atoms with Crippen molar-refractivity contribution in [2.75, 3.05) is 26.3 Å². The summed E-state index contributed by atoms with van der Waals surface area (Å²) in [6, 6.07) is 4.02. The van der Waals surface area contributed by atoms with Crippen LogP contribution in [-0.2, 0) is 0 Å². The first-order valence-electron chi connectivity index (χ1n) is 5.46. The third kappa shape index (κ3) is 3.98. The molecule has 1 aromatic carbocycles. The summed E-state index contributed by atoms with van der Waals surface area (Å²) in [5.41, 5.74) is -0.0735. The Bertz CT molecular complexity index is 474. The monoisotopic (exact) mass is 332 g/mol. The highest BCUT2D eigenvalue weighted by atomic mass is 79.9. The molecule has 0 fully saturated rings. The molecule has 1 rings (SSSR count). The first-order chi connectivity index (χ1) is 9.01. The van der Waals surface area contributed by atoms with Gasteiger partial charge in [0, 0.05) is 24.7 Å². The van der Waals surface area contributed by atoms with Crippen molar-refractivity contribution >= 4 is 27.5 Å². The maximum absolute atomic E-state index is 12.1. The fourth-order valence-corrected chi connectivity index (χ4v) is 1.92. The van der Waals surface area contributed by atoms with Crippen molar-refractivity contribution in [1.29, 1.82) is 0 Å². The van der Waals surface area contributed by atoms with Gasteiger partial charge in [-0.05, 0) is 28.1 Å². The molecule has 0 radical (unpaired) electrons. The Morgan fingerprint density at radius 3 is 2.37 bits per heavy atom. The average Bonchev–Trinajstić information content (AvgIpc) is 2.38. The first kappa shape index (κ1) is 15.5. The molecule has 0 aliphatic heterocycles. The smallest absolute Gasteiger partial charge is 0.284 e. The Kier molecular flexibility index (Phi) is 5.87. The number of carbonyl (C=O) groups is 1. The van der Waals surface area contributed by atoms with Gasteiger partial charge in [0.25, 0.3) is 11.6 Å². The topological polar surface area (TPSA) is 104 Å². The van der Waals surface area contributed by atoms with Gasteiger partial charge in [-0.2, -0.15) is 0 Å². The van der Waals surface area contributed by atoms with Gasteiger partial charge >= 0.3 is 0 Å². The van der Waals surface area contributed by atoms with Gasteiger partial charge in [-0.25, -0.2) is 0 Å². The minimum absolute atomic E-state index is 0.0588. The number of aliphatic hydroxyl groups excluding tert-OH is 2. The van der Waals surface area contributed by atoms with Gasteiger partial charge < -0.3 is 15.1 Å². The number of hydrogen-bond donors (Lipinski definition) is 2. The van der Waals surface area contributed by atoms with Crippen LogP contribution in [0.1, 0.15) is 10.4 Å². The molecule has 0 saturated heterocycles. The van der Waals surface area contributed by atoms with Crippen molar-refractivity contribution in [2.24, 2.45) is 0 Å². The summed E-state index contributed by atoms with van der Waals surface area (Å²) in [7, 11) is 0. The average molecular weight is 333 g/mol. The van der Waals surface area contributed by atoms with Crippen molar-refractivity contribution in [3.8, 4) is 0 Å². The van der Waals surface area contributed by atoms with Crippen LogP contribution in [0.3, 0.4) is 0 Å². The van der Waals surface area contributed by atoms with Crippen LogP contribution in [-0.4, -0.2) is 52.2 Å². The molecule has 0 aliphatic rings. The highest BCUT2D eigenvalue weighted by molar-refractivity contribution is 9.10. The molecule has 8 heteroatoms. The maximum Gasteiger partial charge on any atom is 0.284 e. The van der Waals surface area contributed by atoms with E-state index in [1.54, 1.807) is 0 Å². The van der Waals surface area contributed by atoms with Crippen LogP contribution in [0.25, 0.3) is 0 Å². The van der Waals surface area contributed by atoms with Gasteiger partial charge in [0.15, 0.2) is 0 Å². The lowest BCUT2D eigenvalue weighted by atomic mass is 10.1. The molecule has 0 unspecified atom stereocenters. The zero-order valence-electron chi connectivity index (χ0n) is 9.95. The predicted octanol–water partition coefficient (Wildman–Crippen LogP) is 0.784. The lowest BCUT2D eigenvalue weighted by Gasteiger charge is -2.20. The Labute approximate surface area is 117 Å². The van der Waals surface area contributed by atoms with Gasteiger partial charge in [0.2, 0.25) is 0 Å². The van der Waals surface area contributed by atoms with Crippen molar-refractivity contribution in [3.05, 3.63) is 38.3 Å². The number of hydrogen-bond acceptors (Lipinski definition) is 5. The highest BCUT2D eigenvalue weighted by Gasteiger charge is 2.19. The zero-order valence-corrected chi connectivity index (χ0v) is 11.5. The fraction of sp³-hybridized carbons (Fsp3) is 0.364. The zero-order chi connectivity index (χ0) is 14.4. The van der Waals surface area contributed by atoms with E-state index >= 15 is 0 Å². The molecule has 0 aromatic heterocycles. The summed E-state index contributed by atoms with van der Waals surface area (Å²) in [5.74, 6) is -0.473. The molecular formula is C11H13BrN2O5. The van der Waals surface area contributed by atoms with Gasteiger partial charge in [0.1, 0.15) is 0 Å². The Hall–Kier alpha value is -1.51. The number of carbonyl (C=O) groups excluding carboxylic acids is 1. The van der Waals surface area contributed by atoms with Gasteiger partial charge in [-0.1, -0.05) is 0 Å². The lowest BCUT2D eigenvalue weighted by Crippen LogP contribution is -2.35. The standard InChI is InChI=1S/C11H13BrN2O5/c12-9-2-1-8(7-10(9)14(18)19)11(17)13(3-5-15)4-6-16/h1-2,7,15-16H,3-6H2. The number of benzene rings is 1. The number of nitro groups is 1. The molecule has 104 valence electrons. The highest BCUT2D eigenvalue weighted by Crippen LogP contribution is 2.26. The summed E-state index contributed by atoms with van der Waals surface area (Å²) in [4.78, 5) is 23.5. The summed E-state index contributed by atoms with van der Waals surface area (Å²) in [5, 5.41) is 28.5. The van der Waals surface area contributed by atoms with E-state index in [1.807, 2.05) is 0 Å². The lowest BCUT2D eigenvalue weighted by molar-refractivity contribution is -0.385. The van der Waals surface area contributed by atoms with E-state index in [2.05, 4.69) is 15.9 Å². The second kappa shape index (κ2) is 7.17. The van der Waals surface area contributed by atoms with E-state index < -0.39 is 10.8 Å². The number of nitrogens with zero attached hydrogens (tertiary/aromatic N) is 2. The molecule has 1 amide bonds. The summed E-state index contributed by atoms with van der Waals surface area (Å²) >= 11 is 3.03. The largest absolute Gasteiger partial charge is 0.395 e. The second-order valence-electron chi connectivity index (χ2n) is 3.66. The summed E-state index contributed by atoms with van der Waals surface area (Å²) in [6.07, 6.45) is 0. The number of amides is 1. The van der Waals surface area contributed by atoms with E-state index in [-0.39, 0.29) is 42.0 Å². The molecule has 2 N–H and O–H groups in total. The van der Waals surface area contributed by atoms with E-state index in [4.69, 9.17) is 10.2 Å². The molecule has 0 saturated carbocycles. The molecule has 0 aliphatic carbocycles. The third-order valence-electron chi connectivity index (χ3n) is 2.42. The second-order valence-corrected chi connectivity index (χ2v) is 4.52. The van der Waals surface area contributed by atoms with Gasteiger partial charge in [-0.3, -0.25) is 14.9 Å². The number of aliphatic hydroxyl groups is 2. The van der Waals surface area contributed by atoms with Crippen molar-refractivity contribution in [2.45, 2.75) is 0 Å². The van der Waals surface area contributed by atoms with Crippen molar-refractivity contribution in [3.63, 3.8) is 0 Å². The van der Waals surface area contributed by atoms with Crippen LogP contribution < -0.4 is 0 Å². The fourth-order valence-electron chi connectivity index (χ4n) is 1.52. The molecule has 0 bridgehead atoms. The van der Waals surface area contributed by atoms with Crippen molar-refractivity contribution in [1.82, 2.24) is 4.90 Å². The van der Waals surface area contributed by atoms with Crippen LogP contribution in [0.4, 0.5) is 5.69 Å². The number of halogens is 1. The van der Waals surface area contributed by atoms with Crippen LogP contribution in [0.2, 0.25) is 0 Å². The molecule has 0 heterocycles. The van der Waals surface area contributed by atoms with E-state index in [9.17, 15) is 14.9 Å². The van der Waals surface area contributed by atoms with Crippen LogP contribution in [0, 0.1) is 10.1 Å². The van der Waals surface area contributed by atoms with E-state index in [0.717, 1.165) is 6.07 Å². The summed E-state index contributed by atoms with van der Waals surface area (Å²) in [6.45, 7) is -0.374. The predicted molar refractivity (Wildman–Crippen MR) is 70.9 cm³/mol. The molecule has 7 nitrogen and oxygen atoms in total. The van der Waals surface area contributed by atoms with Gasteiger partial charge in [-0.15, -0.1) is 0 Å². The minimum Gasteiger partial charge on any atom is -0.395 e. The third-order valence-corrected chi connectivity index (χ3v) is 3.09. The molecule has 19 heavy (non-hydrogen) atoms. The minimum atomic E-state index is -0.594. The number of nitro benzene ring substituents is 1. The Morgan fingerprint density at radius 1 is 1.32 bits per heavy atom.